The van der Waals surface area contributed by atoms with Crippen LogP contribution >= 0.6 is 0 Å². The van der Waals surface area contributed by atoms with Crippen molar-refractivity contribution in [2.24, 2.45) is 0 Å². The second-order valence-electron chi connectivity index (χ2n) is 4.77. The van der Waals surface area contributed by atoms with E-state index in [1.807, 2.05) is 25.1 Å². The van der Waals surface area contributed by atoms with Gasteiger partial charge in [0.1, 0.15) is 0 Å². The van der Waals surface area contributed by atoms with E-state index in [9.17, 15) is 8.42 Å². The van der Waals surface area contributed by atoms with Crippen LogP contribution in [0.4, 0.5) is 0 Å². The van der Waals surface area contributed by atoms with E-state index < -0.39 is 9.84 Å². The zero-order valence-electron chi connectivity index (χ0n) is 9.23. The third-order valence-electron chi connectivity index (χ3n) is 3.33. The molecule has 1 N–H and O–H groups in total. The smallest absolute Gasteiger partial charge is 0.180 e. The van der Waals surface area contributed by atoms with E-state index in [1.54, 1.807) is 0 Å². The minimum Gasteiger partial charge on any atom is -0.306 e. The Morgan fingerprint density at radius 1 is 1.31 bits per heavy atom. The van der Waals surface area contributed by atoms with Crippen molar-refractivity contribution in [1.82, 2.24) is 5.32 Å². The number of hydrogen-bond acceptors (Lipinski definition) is 3. The van der Waals surface area contributed by atoms with Crippen molar-refractivity contribution >= 4 is 9.84 Å². The van der Waals surface area contributed by atoms with Gasteiger partial charge in [-0.1, -0.05) is 18.2 Å². The Bertz CT molecular complexity index is 532. The standard InChI is InChI=1S/C12H15NO2S/c1-8-3-2-4-10-11(13-9-5-6-9)7-16(14,15)12(8)10/h2-4,9,11,13H,5-7H2,1H3. The third-order valence-corrected chi connectivity index (χ3v) is 5.28. The molecule has 0 aromatic heterocycles. The van der Waals surface area contributed by atoms with Gasteiger partial charge in [0.05, 0.1) is 10.6 Å². The number of aryl methyl sites for hydroxylation is 1. The Balaban J connectivity index is 2.07. The zero-order valence-corrected chi connectivity index (χ0v) is 10.0. The maximum absolute atomic E-state index is 12.0. The Morgan fingerprint density at radius 2 is 2.06 bits per heavy atom. The van der Waals surface area contributed by atoms with Crippen LogP contribution in [0, 0.1) is 6.92 Å². The van der Waals surface area contributed by atoms with E-state index in [2.05, 4.69) is 5.32 Å². The minimum atomic E-state index is -3.07. The number of nitrogens with one attached hydrogen (secondary N) is 1. The summed E-state index contributed by atoms with van der Waals surface area (Å²) in [5.74, 6) is 0.226. The highest BCUT2D eigenvalue weighted by atomic mass is 32.2. The topological polar surface area (TPSA) is 46.2 Å². The molecular formula is C12H15NO2S. The fraction of sp³-hybridized carbons (Fsp3) is 0.500. The molecule has 4 heteroatoms. The lowest BCUT2D eigenvalue weighted by atomic mass is 10.1. The molecule has 1 heterocycles. The van der Waals surface area contributed by atoms with E-state index in [4.69, 9.17) is 0 Å². The second-order valence-corrected chi connectivity index (χ2v) is 6.74. The van der Waals surface area contributed by atoms with Crippen LogP contribution < -0.4 is 5.32 Å². The van der Waals surface area contributed by atoms with Gasteiger partial charge < -0.3 is 5.32 Å². The van der Waals surface area contributed by atoms with Crippen LogP contribution in [-0.4, -0.2) is 20.2 Å². The molecule has 0 radical (unpaired) electrons. The molecule has 1 aliphatic carbocycles. The van der Waals surface area contributed by atoms with Gasteiger partial charge in [0.2, 0.25) is 0 Å². The van der Waals surface area contributed by atoms with Crippen LogP contribution in [0.15, 0.2) is 23.1 Å². The van der Waals surface area contributed by atoms with Gasteiger partial charge in [-0.2, -0.15) is 0 Å². The number of sulfone groups is 1. The summed E-state index contributed by atoms with van der Waals surface area (Å²) in [6.45, 7) is 1.87. The van der Waals surface area contributed by atoms with Crippen molar-refractivity contribution in [2.75, 3.05) is 5.75 Å². The van der Waals surface area contributed by atoms with Crippen molar-refractivity contribution in [1.29, 1.82) is 0 Å². The molecule has 86 valence electrons. The molecule has 3 nitrogen and oxygen atoms in total. The lowest BCUT2D eigenvalue weighted by Crippen LogP contribution is -2.24. The van der Waals surface area contributed by atoms with E-state index in [1.165, 1.54) is 12.8 Å². The van der Waals surface area contributed by atoms with Crippen LogP contribution in [0.25, 0.3) is 0 Å². The molecule has 1 unspecified atom stereocenters. The first-order valence-electron chi connectivity index (χ1n) is 5.66. The van der Waals surface area contributed by atoms with Crippen LogP contribution in [-0.2, 0) is 9.84 Å². The zero-order chi connectivity index (χ0) is 11.3. The Labute approximate surface area is 95.8 Å². The van der Waals surface area contributed by atoms with E-state index in [0.717, 1.165) is 11.1 Å². The lowest BCUT2D eigenvalue weighted by molar-refractivity contribution is 0.564. The number of hydrogen-bond donors (Lipinski definition) is 1. The highest BCUT2D eigenvalue weighted by molar-refractivity contribution is 7.91. The molecule has 2 aliphatic rings. The quantitative estimate of drug-likeness (QED) is 0.849. The van der Waals surface area contributed by atoms with Crippen LogP contribution in [0.1, 0.15) is 30.0 Å². The largest absolute Gasteiger partial charge is 0.306 e. The minimum absolute atomic E-state index is 0.00685. The summed E-state index contributed by atoms with van der Waals surface area (Å²) in [7, 11) is -3.07. The van der Waals surface area contributed by atoms with Crippen LogP contribution in [0.5, 0.6) is 0 Å². The number of rotatable bonds is 2. The van der Waals surface area contributed by atoms with Gasteiger partial charge in [0.25, 0.3) is 0 Å². The van der Waals surface area contributed by atoms with Crippen LogP contribution in [0.3, 0.4) is 0 Å². The molecule has 0 spiro atoms. The number of fused-ring (bicyclic) bond motifs is 1. The summed E-state index contributed by atoms with van der Waals surface area (Å²) < 4.78 is 24.1. The SMILES string of the molecule is Cc1cccc2c1S(=O)(=O)CC2NC1CC1. The van der Waals surface area contributed by atoms with Gasteiger partial charge in [0, 0.05) is 12.1 Å². The predicted octanol–water partition coefficient (Wildman–Crippen LogP) is 1.58. The van der Waals surface area contributed by atoms with Gasteiger partial charge in [-0.05, 0) is 30.9 Å². The van der Waals surface area contributed by atoms with E-state index in [0.29, 0.717) is 10.9 Å². The van der Waals surface area contributed by atoms with Crippen molar-refractivity contribution in [3.05, 3.63) is 29.3 Å². The summed E-state index contributed by atoms with van der Waals surface area (Å²) in [5, 5.41) is 3.41. The second kappa shape index (κ2) is 3.31. The molecular weight excluding hydrogens is 222 g/mol. The first kappa shape index (κ1) is 10.3. The normalized spacial score (nSPS) is 26.7. The molecule has 0 amide bonds. The molecule has 1 aliphatic heterocycles. The Morgan fingerprint density at radius 3 is 2.75 bits per heavy atom. The molecule has 0 bridgehead atoms. The monoisotopic (exact) mass is 237 g/mol. The van der Waals surface area contributed by atoms with Gasteiger partial charge in [-0.25, -0.2) is 8.42 Å². The highest BCUT2D eigenvalue weighted by Gasteiger charge is 2.38. The van der Waals surface area contributed by atoms with Crippen molar-refractivity contribution in [3.8, 4) is 0 Å². The average molecular weight is 237 g/mol. The fourth-order valence-corrected chi connectivity index (χ4v) is 4.45. The van der Waals surface area contributed by atoms with E-state index in [-0.39, 0.29) is 11.8 Å². The summed E-state index contributed by atoms with van der Waals surface area (Å²) in [5.41, 5.74) is 1.84. The van der Waals surface area contributed by atoms with E-state index >= 15 is 0 Å². The van der Waals surface area contributed by atoms with Gasteiger partial charge in [-0.15, -0.1) is 0 Å². The van der Waals surface area contributed by atoms with Gasteiger partial charge in [-0.3, -0.25) is 0 Å². The lowest BCUT2D eigenvalue weighted by Gasteiger charge is -2.11. The predicted molar refractivity (Wildman–Crippen MR) is 62.1 cm³/mol. The Kier molecular flexibility index (Phi) is 2.13. The molecule has 3 rings (SSSR count). The molecule has 0 saturated heterocycles. The molecule has 1 aromatic rings. The van der Waals surface area contributed by atoms with Crippen LogP contribution in [0.2, 0.25) is 0 Å². The summed E-state index contributed by atoms with van der Waals surface area (Å²) >= 11 is 0. The maximum atomic E-state index is 12.0. The van der Waals surface area contributed by atoms with Crippen molar-refractivity contribution in [2.45, 2.75) is 36.7 Å². The summed E-state index contributed by atoms with van der Waals surface area (Å²) in [6, 6.07) is 6.29. The maximum Gasteiger partial charge on any atom is 0.180 e. The van der Waals surface area contributed by atoms with Gasteiger partial charge >= 0.3 is 0 Å². The van der Waals surface area contributed by atoms with Crippen molar-refractivity contribution < 1.29 is 8.42 Å². The third kappa shape index (κ3) is 1.57. The molecule has 16 heavy (non-hydrogen) atoms. The van der Waals surface area contributed by atoms with Crippen molar-refractivity contribution in [3.63, 3.8) is 0 Å². The average Bonchev–Trinajstić information content (AvgIpc) is 2.95. The number of benzene rings is 1. The van der Waals surface area contributed by atoms with Gasteiger partial charge in [0.15, 0.2) is 9.84 Å². The summed E-state index contributed by atoms with van der Waals surface area (Å²) in [6.07, 6.45) is 2.36. The fourth-order valence-electron chi connectivity index (χ4n) is 2.44. The molecule has 1 fully saturated rings. The highest BCUT2D eigenvalue weighted by Crippen LogP contribution is 2.37. The molecule has 1 saturated carbocycles. The molecule has 1 aromatic carbocycles. The first-order valence-corrected chi connectivity index (χ1v) is 7.31. The first-order chi connectivity index (χ1) is 7.58. The summed E-state index contributed by atoms with van der Waals surface area (Å²) in [4.78, 5) is 0.563. The Hall–Kier alpha value is -0.870. The molecule has 1 atom stereocenters.